The van der Waals surface area contributed by atoms with E-state index < -0.39 is 0 Å². The molecule has 0 saturated carbocycles. The van der Waals surface area contributed by atoms with Gasteiger partial charge in [-0.1, -0.05) is 47.7 Å². The van der Waals surface area contributed by atoms with Crippen molar-refractivity contribution in [1.82, 2.24) is 9.88 Å². The molecule has 30 heavy (non-hydrogen) atoms. The van der Waals surface area contributed by atoms with E-state index in [0.717, 1.165) is 20.6 Å². The number of ether oxygens (including phenoxy) is 1. The van der Waals surface area contributed by atoms with Crippen LogP contribution >= 0.6 is 11.3 Å². The highest BCUT2D eigenvalue weighted by atomic mass is 32.1. The molecule has 0 bridgehead atoms. The molecule has 1 aliphatic rings. The Balaban J connectivity index is 1.18. The van der Waals surface area contributed by atoms with E-state index >= 15 is 0 Å². The summed E-state index contributed by atoms with van der Waals surface area (Å²) in [4.78, 5) is 21.0. The SMILES string of the molecule is O=C(COc1ccc2ccccc2c1)N1CCN(c2nc3c(F)cccc3s2)CC1. The second-order valence-corrected chi connectivity index (χ2v) is 8.26. The number of benzene rings is 3. The van der Waals surface area contributed by atoms with Crippen molar-refractivity contribution in [2.75, 3.05) is 37.7 Å². The van der Waals surface area contributed by atoms with Gasteiger partial charge in [0.1, 0.15) is 17.1 Å². The van der Waals surface area contributed by atoms with Crippen molar-refractivity contribution >= 4 is 43.4 Å². The summed E-state index contributed by atoms with van der Waals surface area (Å²) in [5.74, 6) is 0.366. The van der Waals surface area contributed by atoms with Gasteiger partial charge in [0.15, 0.2) is 11.7 Å². The van der Waals surface area contributed by atoms with Gasteiger partial charge in [-0.3, -0.25) is 4.79 Å². The summed E-state index contributed by atoms with van der Waals surface area (Å²) < 4.78 is 20.5. The molecule has 3 aromatic carbocycles. The zero-order valence-electron chi connectivity index (χ0n) is 16.3. The molecule has 0 radical (unpaired) electrons. The summed E-state index contributed by atoms with van der Waals surface area (Å²) in [5, 5.41) is 3.03. The Kier molecular flexibility index (Phi) is 4.96. The van der Waals surface area contributed by atoms with Crippen LogP contribution in [0.1, 0.15) is 0 Å². The van der Waals surface area contributed by atoms with Gasteiger partial charge < -0.3 is 14.5 Å². The van der Waals surface area contributed by atoms with Crippen LogP contribution in [0.4, 0.5) is 9.52 Å². The first-order chi connectivity index (χ1) is 14.7. The van der Waals surface area contributed by atoms with Crippen LogP contribution in [0, 0.1) is 5.82 Å². The summed E-state index contributed by atoms with van der Waals surface area (Å²) >= 11 is 1.48. The Morgan fingerprint density at radius 2 is 1.80 bits per heavy atom. The van der Waals surface area contributed by atoms with E-state index in [-0.39, 0.29) is 18.3 Å². The Morgan fingerprint density at radius 3 is 2.60 bits per heavy atom. The number of amides is 1. The molecule has 2 heterocycles. The number of aromatic nitrogens is 1. The molecule has 1 fully saturated rings. The van der Waals surface area contributed by atoms with Crippen LogP contribution < -0.4 is 9.64 Å². The number of anilines is 1. The number of thiazole rings is 1. The van der Waals surface area contributed by atoms with Crippen LogP contribution in [0.15, 0.2) is 60.7 Å². The standard InChI is InChI=1S/C23H20FN3O2S/c24-19-6-3-7-20-22(19)25-23(30-20)27-12-10-26(11-13-27)21(28)15-29-18-9-8-16-4-1-2-5-17(16)14-18/h1-9,14H,10-13,15H2. The molecule has 0 N–H and O–H groups in total. The fraction of sp³-hybridized carbons (Fsp3) is 0.217. The van der Waals surface area contributed by atoms with Crippen molar-refractivity contribution in [1.29, 1.82) is 0 Å². The number of carbonyl (C=O) groups is 1. The van der Waals surface area contributed by atoms with Gasteiger partial charge in [0.05, 0.1) is 4.70 Å². The number of para-hydroxylation sites is 1. The molecule has 0 atom stereocenters. The van der Waals surface area contributed by atoms with Crippen molar-refractivity contribution in [3.63, 3.8) is 0 Å². The predicted octanol–water partition coefficient (Wildman–Crippen LogP) is 4.32. The van der Waals surface area contributed by atoms with Crippen LogP contribution in [-0.4, -0.2) is 48.6 Å². The fourth-order valence-electron chi connectivity index (χ4n) is 3.68. The first-order valence-corrected chi connectivity index (χ1v) is 10.7. The largest absolute Gasteiger partial charge is 0.484 e. The molecular weight excluding hydrogens is 401 g/mol. The molecule has 4 aromatic rings. The zero-order valence-corrected chi connectivity index (χ0v) is 17.1. The molecule has 0 unspecified atom stereocenters. The highest BCUT2D eigenvalue weighted by Crippen LogP contribution is 2.30. The molecule has 5 rings (SSSR count). The average Bonchev–Trinajstić information content (AvgIpc) is 3.23. The molecule has 152 valence electrons. The van der Waals surface area contributed by atoms with Gasteiger partial charge in [0, 0.05) is 26.2 Å². The van der Waals surface area contributed by atoms with E-state index in [1.165, 1.54) is 17.4 Å². The first kappa shape index (κ1) is 18.8. The van der Waals surface area contributed by atoms with Crippen molar-refractivity contribution in [3.8, 4) is 5.75 Å². The maximum absolute atomic E-state index is 13.9. The molecule has 1 aliphatic heterocycles. The normalized spacial score (nSPS) is 14.4. The third-order valence-electron chi connectivity index (χ3n) is 5.34. The fourth-order valence-corrected chi connectivity index (χ4v) is 4.71. The Morgan fingerprint density at radius 1 is 1.00 bits per heavy atom. The van der Waals surface area contributed by atoms with E-state index in [0.29, 0.717) is 37.4 Å². The summed E-state index contributed by atoms with van der Waals surface area (Å²) in [7, 11) is 0. The van der Waals surface area contributed by atoms with Gasteiger partial charge in [-0.2, -0.15) is 0 Å². The predicted molar refractivity (Wildman–Crippen MR) is 118 cm³/mol. The van der Waals surface area contributed by atoms with Crippen molar-refractivity contribution in [2.45, 2.75) is 0 Å². The van der Waals surface area contributed by atoms with Gasteiger partial charge in [-0.05, 0) is 35.0 Å². The van der Waals surface area contributed by atoms with Crippen molar-refractivity contribution in [3.05, 3.63) is 66.5 Å². The molecule has 1 saturated heterocycles. The second-order valence-electron chi connectivity index (χ2n) is 7.25. The number of carbonyl (C=O) groups excluding carboxylic acids is 1. The lowest BCUT2D eigenvalue weighted by Crippen LogP contribution is -2.50. The van der Waals surface area contributed by atoms with Crippen molar-refractivity contribution < 1.29 is 13.9 Å². The molecule has 0 spiro atoms. The number of nitrogens with zero attached hydrogens (tertiary/aromatic N) is 3. The molecular formula is C23H20FN3O2S. The minimum absolute atomic E-state index is 0.0185. The lowest BCUT2D eigenvalue weighted by Gasteiger charge is -2.34. The summed E-state index contributed by atoms with van der Waals surface area (Å²) in [6.45, 7) is 2.55. The summed E-state index contributed by atoms with van der Waals surface area (Å²) in [6, 6.07) is 18.9. The number of hydrogen-bond donors (Lipinski definition) is 0. The van der Waals surface area contributed by atoms with Crippen LogP contribution in [0.2, 0.25) is 0 Å². The maximum Gasteiger partial charge on any atom is 0.260 e. The average molecular weight is 421 g/mol. The Bertz CT molecular complexity index is 1220. The minimum Gasteiger partial charge on any atom is -0.484 e. The van der Waals surface area contributed by atoms with Gasteiger partial charge in [-0.25, -0.2) is 9.37 Å². The summed E-state index contributed by atoms with van der Waals surface area (Å²) in [5.41, 5.74) is 0.416. The number of halogens is 1. The maximum atomic E-state index is 13.9. The lowest BCUT2D eigenvalue weighted by atomic mass is 10.1. The van der Waals surface area contributed by atoms with E-state index in [9.17, 15) is 9.18 Å². The van der Waals surface area contributed by atoms with Crippen LogP contribution in [0.3, 0.4) is 0 Å². The van der Waals surface area contributed by atoms with E-state index in [1.807, 2.05) is 53.4 Å². The van der Waals surface area contributed by atoms with Crippen LogP contribution in [0.25, 0.3) is 21.0 Å². The van der Waals surface area contributed by atoms with Gasteiger partial charge in [-0.15, -0.1) is 0 Å². The van der Waals surface area contributed by atoms with Crippen LogP contribution in [-0.2, 0) is 4.79 Å². The summed E-state index contributed by atoms with van der Waals surface area (Å²) in [6.07, 6.45) is 0. The van der Waals surface area contributed by atoms with E-state index in [4.69, 9.17) is 4.74 Å². The minimum atomic E-state index is -0.297. The van der Waals surface area contributed by atoms with Gasteiger partial charge in [0.2, 0.25) is 0 Å². The quantitative estimate of drug-likeness (QED) is 0.493. The smallest absolute Gasteiger partial charge is 0.260 e. The third-order valence-corrected chi connectivity index (χ3v) is 6.43. The third kappa shape index (κ3) is 3.68. The van der Waals surface area contributed by atoms with E-state index in [2.05, 4.69) is 9.88 Å². The monoisotopic (exact) mass is 421 g/mol. The van der Waals surface area contributed by atoms with Crippen LogP contribution in [0.5, 0.6) is 5.75 Å². The molecule has 1 aromatic heterocycles. The number of piperazine rings is 1. The second kappa shape index (κ2) is 7.91. The number of hydrogen-bond acceptors (Lipinski definition) is 5. The molecule has 7 heteroatoms. The lowest BCUT2D eigenvalue weighted by molar-refractivity contribution is -0.133. The number of rotatable bonds is 4. The first-order valence-electron chi connectivity index (χ1n) is 9.87. The molecule has 0 aliphatic carbocycles. The number of fused-ring (bicyclic) bond motifs is 2. The molecule has 5 nitrogen and oxygen atoms in total. The Hall–Kier alpha value is -3.19. The molecule has 1 amide bonds. The van der Waals surface area contributed by atoms with Gasteiger partial charge in [0.25, 0.3) is 5.91 Å². The highest BCUT2D eigenvalue weighted by molar-refractivity contribution is 7.22. The van der Waals surface area contributed by atoms with E-state index in [1.54, 1.807) is 6.07 Å². The topological polar surface area (TPSA) is 45.7 Å². The van der Waals surface area contributed by atoms with Gasteiger partial charge >= 0.3 is 0 Å². The zero-order chi connectivity index (χ0) is 20.5. The highest BCUT2D eigenvalue weighted by Gasteiger charge is 2.23. The Labute approximate surface area is 177 Å². The van der Waals surface area contributed by atoms with Crippen molar-refractivity contribution in [2.24, 2.45) is 0 Å².